The number of aromatic nitrogens is 4. The fourth-order valence-electron chi connectivity index (χ4n) is 3.90. The van der Waals surface area contributed by atoms with Crippen LogP contribution in [0, 0.1) is 5.92 Å². The molecule has 1 aromatic heterocycles. The van der Waals surface area contributed by atoms with E-state index in [0.717, 1.165) is 24.1 Å². The van der Waals surface area contributed by atoms with E-state index >= 15 is 0 Å². The van der Waals surface area contributed by atoms with Crippen LogP contribution >= 0.6 is 0 Å². The van der Waals surface area contributed by atoms with Gasteiger partial charge in [0, 0.05) is 6.04 Å². The summed E-state index contributed by atoms with van der Waals surface area (Å²) < 4.78 is 38.6. The number of rotatable bonds is 3. The van der Waals surface area contributed by atoms with Crippen molar-refractivity contribution in [3.63, 3.8) is 0 Å². The predicted octanol–water partition coefficient (Wildman–Crippen LogP) is 2.78. The molecule has 0 radical (unpaired) electrons. The Morgan fingerprint density at radius 2 is 1.77 bits per heavy atom. The van der Waals surface area contributed by atoms with Crippen LogP contribution in [0.5, 0.6) is 0 Å². The molecule has 0 aromatic carbocycles. The largest absolute Gasteiger partial charge is 0.408 e. The molecule has 22 heavy (non-hydrogen) atoms. The van der Waals surface area contributed by atoms with Crippen molar-refractivity contribution in [2.45, 2.75) is 70.3 Å². The van der Waals surface area contributed by atoms with E-state index < -0.39 is 12.7 Å². The number of alkyl halides is 3. The van der Waals surface area contributed by atoms with Crippen LogP contribution in [0.2, 0.25) is 0 Å². The summed E-state index contributed by atoms with van der Waals surface area (Å²) in [6, 6.07) is 0.479. The monoisotopic (exact) mass is 317 g/mol. The molecule has 1 aromatic rings. The maximum Gasteiger partial charge on any atom is 0.408 e. The molecule has 0 spiro atoms. The SMILES string of the molecule is FC(F)(F)Cn1nnnc1CN1CCCCC2CCCCC21. The van der Waals surface area contributed by atoms with Gasteiger partial charge in [-0.05, 0) is 48.6 Å². The van der Waals surface area contributed by atoms with E-state index in [4.69, 9.17) is 0 Å². The number of tetrazole rings is 1. The lowest BCUT2D eigenvalue weighted by molar-refractivity contribution is -0.143. The molecule has 3 rings (SSSR count). The number of nitrogens with zero attached hydrogens (tertiary/aromatic N) is 5. The van der Waals surface area contributed by atoms with Gasteiger partial charge in [0.1, 0.15) is 6.54 Å². The molecule has 1 aliphatic carbocycles. The van der Waals surface area contributed by atoms with Crippen LogP contribution in [0.4, 0.5) is 13.2 Å². The minimum Gasteiger partial charge on any atom is -0.293 e. The quantitative estimate of drug-likeness (QED) is 0.860. The first-order valence-corrected chi connectivity index (χ1v) is 8.09. The molecule has 8 heteroatoms. The minimum atomic E-state index is -4.30. The van der Waals surface area contributed by atoms with Gasteiger partial charge in [-0.2, -0.15) is 13.2 Å². The third-order valence-corrected chi connectivity index (χ3v) is 4.89. The Balaban J connectivity index is 1.72. The van der Waals surface area contributed by atoms with E-state index in [9.17, 15) is 13.2 Å². The van der Waals surface area contributed by atoms with Crippen molar-refractivity contribution in [3.8, 4) is 0 Å². The van der Waals surface area contributed by atoms with Crippen molar-refractivity contribution in [2.24, 2.45) is 5.92 Å². The first-order chi connectivity index (χ1) is 10.5. The molecule has 0 N–H and O–H groups in total. The summed E-state index contributed by atoms with van der Waals surface area (Å²) >= 11 is 0. The summed E-state index contributed by atoms with van der Waals surface area (Å²) in [6.45, 7) is 0.238. The van der Waals surface area contributed by atoms with Gasteiger partial charge < -0.3 is 0 Å². The number of hydrogen-bond acceptors (Lipinski definition) is 4. The molecule has 2 unspecified atom stereocenters. The highest BCUT2D eigenvalue weighted by atomic mass is 19.4. The Bertz CT molecular complexity index is 487. The zero-order valence-corrected chi connectivity index (χ0v) is 12.6. The van der Waals surface area contributed by atoms with E-state index in [1.807, 2.05) is 0 Å². The number of hydrogen-bond donors (Lipinski definition) is 0. The van der Waals surface area contributed by atoms with Crippen LogP contribution in [0.3, 0.4) is 0 Å². The minimum absolute atomic E-state index is 0.323. The lowest BCUT2D eigenvalue weighted by atomic mass is 9.82. The first kappa shape index (κ1) is 15.7. The normalized spacial score (nSPS) is 27.4. The molecule has 2 atom stereocenters. The van der Waals surface area contributed by atoms with Gasteiger partial charge in [-0.15, -0.1) is 5.10 Å². The van der Waals surface area contributed by atoms with Gasteiger partial charge in [-0.3, -0.25) is 4.90 Å². The smallest absolute Gasteiger partial charge is 0.293 e. The summed E-state index contributed by atoms with van der Waals surface area (Å²) in [4.78, 5) is 2.31. The highest BCUT2D eigenvalue weighted by Gasteiger charge is 2.34. The van der Waals surface area contributed by atoms with Gasteiger partial charge in [0.2, 0.25) is 0 Å². The maximum atomic E-state index is 12.6. The van der Waals surface area contributed by atoms with Crippen molar-refractivity contribution >= 4 is 0 Å². The molecule has 2 heterocycles. The topological polar surface area (TPSA) is 46.8 Å². The molecule has 1 saturated carbocycles. The van der Waals surface area contributed by atoms with Crippen LogP contribution in [0.15, 0.2) is 0 Å². The second-order valence-electron chi connectivity index (χ2n) is 6.45. The van der Waals surface area contributed by atoms with Crippen molar-refractivity contribution < 1.29 is 13.2 Å². The fourth-order valence-corrected chi connectivity index (χ4v) is 3.90. The third-order valence-electron chi connectivity index (χ3n) is 4.89. The zero-order chi connectivity index (χ0) is 15.6. The van der Waals surface area contributed by atoms with Crippen LogP contribution in [0.1, 0.15) is 50.8 Å². The summed E-state index contributed by atoms with van der Waals surface area (Å²) in [5, 5.41) is 10.8. The van der Waals surface area contributed by atoms with E-state index in [1.54, 1.807) is 0 Å². The summed E-state index contributed by atoms with van der Waals surface area (Å²) in [5.74, 6) is 1.01. The van der Waals surface area contributed by atoms with E-state index in [-0.39, 0.29) is 0 Å². The highest BCUT2D eigenvalue weighted by molar-refractivity contribution is 4.90. The van der Waals surface area contributed by atoms with E-state index in [2.05, 4.69) is 20.4 Å². The van der Waals surface area contributed by atoms with Gasteiger partial charge in [0.15, 0.2) is 5.82 Å². The molecular weight excluding hydrogens is 295 g/mol. The first-order valence-electron chi connectivity index (χ1n) is 8.09. The average Bonchev–Trinajstić information content (AvgIpc) is 2.77. The molecule has 0 amide bonds. The van der Waals surface area contributed by atoms with E-state index in [1.165, 1.54) is 32.1 Å². The average molecular weight is 317 g/mol. The maximum absolute atomic E-state index is 12.6. The Kier molecular flexibility index (Phi) is 4.65. The molecule has 1 aliphatic heterocycles. The molecule has 2 fully saturated rings. The van der Waals surface area contributed by atoms with Gasteiger partial charge in [-0.25, -0.2) is 4.68 Å². The lowest BCUT2D eigenvalue weighted by Crippen LogP contribution is -2.41. The van der Waals surface area contributed by atoms with Crippen molar-refractivity contribution in [1.29, 1.82) is 0 Å². The Hall–Kier alpha value is -1.18. The number of fused-ring (bicyclic) bond motifs is 1. The number of halogens is 3. The Labute approximate surface area is 127 Å². The van der Waals surface area contributed by atoms with Crippen molar-refractivity contribution in [1.82, 2.24) is 25.1 Å². The Morgan fingerprint density at radius 3 is 2.55 bits per heavy atom. The predicted molar refractivity (Wildman–Crippen MR) is 73.9 cm³/mol. The molecular formula is C14H22F3N5. The van der Waals surface area contributed by atoms with Crippen LogP contribution in [0.25, 0.3) is 0 Å². The zero-order valence-electron chi connectivity index (χ0n) is 12.6. The summed E-state index contributed by atoms with van der Waals surface area (Å²) in [5.41, 5.74) is 0. The van der Waals surface area contributed by atoms with Crippen LogP contribution in [-0.2, 0) is 13.1 Å². The summed E-state index contributed by atoms with van der Waals surface area (Å²) in [6.07, 6.45) is 4.15. The fraction of sp³-hybridized carbons (Fsp3) is 0.929. The van der Waals surface area contributed by atoms with Gasteiger partial charge in [-0.1, -0.05) is 19.3 Å². The number of likely N-dealkylation sites (tertiary alicyclic amines) is 1. The third kappa shape index (κ3) is 3.77. The highest BCUT2D eigenvalue weighted by Crippen LogP contribution is 2.35. The molecule has 0 bridgehead atoms. The van der Waals surface area contributed by atoms with E-state index in [0.29, 0.717) is 24.3 Å². The van der Waals surface area contributed by atoms with Gasteiger partial charge in [0.05, 0.1) is 6.54 Å². The summed E-state index contributed by atoms with van der Waals surface area (Å²) in [7, 11) is 0. The second-order valence-corrected chi connectivity index (χ2v) is 6.45. The van der Waals surface area contributed by atoms with Crippen molar-refractivity contribution in [3.05, 3.63) is 5.82 Å². The standard InChI is InChI=1S/C14H22F3N5/c15-14(16,17)10-22-13(18-19-20-22)9-21-8-4-3-6-11-5-1-2-7-12(11)21/h11-12H,1-10H2. The molecule has 124 valence electrons. The Morgan fingerprint density at radius 1 is 1.05 bits per heavy atom. The second kappa shape index (κ2) is 6.52. The molecule has 5 nitrogen and oxygen atoms in total. The van der Waals surface area contributed by atoms with Crippen LogP contribution < -0.4 is 0 Å². The molecule has 2 aliphatic rings. The van der Waals surface area contributed by atoms with Gasteiger partial charge >= 0.3 is 6.18 Å². The lowest BCUT2D eigenvalue weighted by Gasteiger charge is -2.37. The molecule has 1 saturated heterocycles. The van der Waals surface area contributed by atoms with Crippen LogP contribution in [-0.4, -0.2) is 43.9 Å². The van der Waals surface area contributed by atoms with Gasteiger partial charge in [0.25, 0.3) is 0 Å². The van der Waals surface area contributed by atoms with Crippen molar-refractivity contribution in [2.75, 3.05) is 6.54 Å².